The summed E-state index contributed by atoms with van der Waals surface area (Å²) in [7, 11) is 0. The summed E-state index contributed by atoms with van der Waals surface area (Å²) in [6.07, 6.45) is 4.75. The van der Waals surface area contributed by atoms with Crippen molar-refractivity contribution in [3.8, 4) is 0 Å². The molecule has 2 bridgehead atoms. The number of aromatic nitrogens is 1. The normalized spacial score (nSPS) is 30.2. The van der Waals surface area contributed by atoms with Gasteiger partial charge in [-0.3, -0.25) is 4.79 Å². The Hall–Kier alpha value is -0.720. The van der Waals surface area contributed by atoms with Crippen molar-refractivity contribution >= 4 is 56.1 Å². The van der Waals surface area contributed by atoms with Gasteiger partial charge in [-0.25, -0.2) is 4.98 Å². The largest absolute Gasteiger partial charge is 0.302 e. The molecule has 1 amide bonds. The van der Waals surface area contributed by atoms with Gasteiger partial charge in [-0.2, -0.15) is 0 Å². The maximum atomic E-state index is 12.9. The number of benzene rings is 1. The average molecular weight is 391 g/mol. The van der Waals surface area contributed by atoms with Crippen LogP contribution in [0.4, 0.5) is 5.13 Å². The van der Waals surface area contributed by atoms with Crippen LogP contribution in [0.3, 0.4) is 0 Å². The molecule has 2 aromatic rings. The first kappa shape index (κ1) is 16.5. The number of hydrogen-bond donors (Lipinski definition) is 1. The number of carbonyl (C=O) groups is 1. The van der Waals surface area contributed by atoms with Crippen LogP contribution < -0.4 is 5.32 Å². The van der Waals surface area contributed by atoms with E-state index in [9.17, 15) is 4.79 Å². The van der Waals surface area contributed by atoms with Gasteiger partial charge in [-0.05, 0) is 56.1 Å². The molecule has 6 heteroatoms. The number of para-hydroxylation sites is 1. The third-order valence-electron chi connectivity index (χ3n) is 6.10. The molecule has 3 nitrogen and oxygen atoms in total. The van der Waals surface area contributed by atoms with E-state index in [0.717, 1.165) is 40.0 Å². The Kier molecular flexibility index (Phi) is 4.06. The molecule has 3 aliphatic rings. The topological polar surface area (TPSA) is 42.0 Å². The number of nitrogens with zero attached hydrogens (tertiary/aromatic N) is 1. The summed E-state index contributed by atoms with van der Waals surface area (Å²) < 4.78 is 1.60. The summed E-state index contributed by atoms with van der Waals surface area (Å²) in [5.41, 5.74) is 2.19. The number of thioether (sulfide) groups is 2. The minimum atomic E-state index is 0.165. The molecule has 1 unspecified atom stereocenters. The molecule has 1 N–H and O–H groups in total. The van der Waals surface area contributed by atoms with Crippen LogP contribution in [0.1, 0.15) is 31.2 Å². The molecule has 1 aromatic carbocycles. The smallest absolute Gasteiger partial charge is 0.229 e. The predicted molar refractivity (Wildman–Crippen MR) is 110 cm³/mol. The maximum absolute atomic E-state index is 12.9. The van der Waals surface area contributed by atoms with E-state index < -0.39 is 0 Å². The van der Waals surface area contributed by atoms with Crippen LogP contribution in [-0.4, -0.2) is 26.5 Å². The highest BCUT2D eigenvalue weighted by atomic mass is 32.2. The van der Waals surface area contributed by atoms with Gasteiger partial charge in [0.1, 0.15) is 0 Å². The second-order valence-electron chi connectivity index (χ2n) is 7.49. The maximum Gasteiger partial charge on any atom is 0.229 e. The number of aryl methyl sites for hydroxylation is 1. The van der Waals surface area contributed by atoms with E-state index in [1.807, 2.05) is 0 Å². The van der Waals surface area contributed by atoms with Crippen molar-refractivity contribution in [1.82, 2.24) is 4.98 Å². The Morgan fingerprint density at radius 2 is 1.92 bits per heavy atom. The number of fused-ring (bicyclic) bond motifs is 1. The summed E-state index contributed by atoms with van der Waals surface area (Å²) in [5.74, 6) is 4.38. The van der Waals surface area contributed by atoms with Crippen molar-refractivity contribution < 1.29 is 4.79 Å². The summed E-state index contributed by atoms with van der Waals surface area (Å²) in [4.78, 5) is 17.5. The van der Waals surface area contributed by atoms with Crippen molar-refractivity contribution in [2.45, 2.75) is 36.7 Å². The van der Waals surface area contributed by atoms with Crippen LogP contribution in [0.2, 0.25) is 0 Å². The number of amides is 1. The van der Waals surface area contributed by atoms with Gasteiger partial charge < -0.3 is 5.32 Å². The van der Waals surface area contributed by atoms with Gasteiger partial charge in [0.25, 0.3) is 0 Å². The third kappa shape index (κ3) is 2.63. The first-order valence-corrected chi connectivity index (χ1v) is 11.9. The SMILES string of the molecule is Cc1cccc2sc(NC(=O)C3C[C@H]4CC[C@@H](C3)C43SCCS3)nc12. The lowest BCUT2D eigenvalue weighted by Gasteiger charge is -2.42. The zero-order valence-electron chi connectivity index (χ0n) is 14.3. The van der Waals surface area contributed by atoms with Crippen LogP contribution in [0.25, 0.3) is 10.2 Å². The lowest BCUT2D eigenvalue weighted by molar-refractivity contribution is -0.121. The van der Waals surface area contributed by atoms with Gasteiger partial charge in [0, 0.05) is 17.4 Å². The molecular weight excluding hydrogens is 368 g/mol. The van der Waals surface area contributed by atoms with Crippen LogP contribution >= 0.6 is 34.9 Å². The van der Waals surface area contributed by atoms with E-state index in [4.69, 9.17) is 0 Å². The molecule has 1 aliphatic heterocycles. The van der Waals surface area contributed by atoms with Gasteiger partial charge in [0.15, 0.2) is 5.13 Å². The highest BCUT2D eigenvalue weighted by Gasteiger charge is 2.57. The molecule has 3 fully saturated rings. The molecule has 2 aliphatic carbocycles. The van der Waals surface area contributed by atoms with Crippen LogP contribution in [0.5, 0.6) is 0 Å². The summed E-state index contributed by atoms with van der Waals surface area (Å²) >= 11 is 5.96. The van der Waals surface area contributed by atoms with Crippen molar-refractivity contribution in [2.75, 3.05) is 16.8 Å². The third-order valence-corrected chi connectivity index (χ3v) is 11.1. The van der Waals surface area contributed by atoms with Gasteiger partial charge in [-0.15, -0.1) is 23.5 Å². The van der Waals surface area contributed by atoms with Crippen molar-refractivity contribution in [2.24, 2.45) is 17.8 Å². The van der Waals surface area contributed by atoms with Gasteiger partial charge in [-0.1, -0.05) is 23.5 Å². The van der Waals surface area contributed by atoms with Crippen molar-refractivity contribution in [3.63, 3.8) is 0 Å². The molecule has 1 spiro atoms. The fraction of sp³-hybridized carbons (Fsp3) is 0.579. The highest BCUT2D eigenvalue weighted by Crippen LogP contribution is 2.65. The van der Waals surface area contributed by atoms with E-state index in [1.165, 1.54) is 29.9 Å². The monoisotopic (exact) mass is 390 g/mol. The Bertz CT molecular complexity index is 811. The van der Waals surface area contributed by atoms with Crippen molar-refractivity contribution in [1.29, 1.82) is 0 Å². The van der Waals surface area contributed by atoms with Gasteiger partial charge >= 0.3 is 0 Å². The van der Waals surface area contributed by atoms with Crippen molar-refractivity contribution in [3.05, 3.63) is 23.8 Å². The van der Waals surface area contributed by atoms with Crippen LogP contribution in [-0.2, 0) is 4.79 Å². The molecule has 0 radical (unpaired) electrons. The zero-order valence-corrected chi connectivity index (χ0v) is 16.7. The fourth-order valence-corrected chi connectivity index (χ4v) is 9.85. The molecule has 3 atom stereocenters. The Morgan fingerprint density at radius 3 is 2.60 bits per heavy atom. The van der Waals surface area contributed by atoms with Crippen LogP contribution in [0.15, 0.2) is 18.2 Å². The van der Waals surface area contributed by atoms with Gasteiger partial charge in [0.2, 0.25) is 5.91 Å². The Morgan fingerprint density at radius 1 is 1.20 bits per heavy atom. The highest BCUT2D eigenvalue weighted by molar-refractivity contribution is 8.21. The summed E-state index contributed by atoms with van der Waals surface area (Å²) in [6, 6.07) is 6.20. The Labute approximate surface area is 160 Å². The van der Waals surface area contributed by atoms with E-state index in [1.54, 1.807) is 11.3 Å². The van der Waals surface area contributed by atoms with E-state index in [2.05, 4.69) is 58.9 Å². The molecule has 5 rings (SSSR count). The summed E-state index contributed by atoms with van der Waals surface area (Å²) in [6.45, 7) is 2.07. The first-order valence-electron chi connectivity index (χ1n) is 9.10. The lowest BCUT2D eigenvalue weighted by atomic mass is 9.79. The predicted octanol–water partition coefficient (Wildman–Crippen LogP) is 5.16. The first-order chi connectivity index (χ1) is 12.2. The minimum absolute atomic E-state index is 0.165. The van der Waals surface area contributed by atoms with E-state index >= 15 is 0 Å². The molecule has 132 valence electrons. The number of thiazole rings is 1. The van der Waals surface area contributed by atoms with Crippen LogP contribution in [0, 0.1) is 24.7 Å². The number of carbonyl (C=O) groups excluding carboxylic acids is 1. The number of hydrogen-bond acceptors (Lipinski definition) is 5. The second kappa shape index (κ2) is 6.17. The molecule has 2 saturated carbocycles. The summed E-state index contributed by atoms with van der Waals surface area (Å²) in [5, 5.41) is 3.89. The zero-order chi connectivity index (χ0) is 17.0. The minimum Gasteiger partial charge on any atom is -0.302 e. The number of anilines is 1. The lowest BCUT2D eigenvalue weighted by Crippen LogP contribution is -2.41. The molecular formula is C19H22N2OS3. The second-order valence-corrected chi connectivity index (χ2v) is 11.5. The molecule has 1 saturated heterocycles. The molecule has 1 aromatic heterocycles. The fourth-order valence-electron chi connectivity index (χ4n) is 4.96. The van der Waals surface area contributed by atoms with Gasteiger partial charge in [0.05, 0.1) is 14.3 Å². The molecule has 25 heavy (non-hydrogen) atoms. The number of rotatable bonds is 2. The molecule has 2 heterocycles. The van der Waals surface area contributed by atoms with E-state index in [-0.39, 0.29) is 11.8 Å². The quantitative estimate of drug-likeness (QED) is 0.769. The standard InChI is InChI=1S/C19H22N2OS3/c1-11-3-2-4-15-16(11)20-18(25-15)21-17(22)12-9-13-5-6-14(10-12)19(13)23-7-8-24-19/h2-4,12-14H,5-10H2,1H3,(H,20,21,22)/t12?,13-,14+. The average Bonchev–Trinajstić information content (AvgIpc) is 3.27. The number of nitrogens with one attached hydrogen (secondary N) is 1. The van der Waals surface area contributed by atoms with E-state index in [0.29, 0.717) is 4.08 Å². The Balaban J connectivity index is 1.33.